The molecule has 0 N–H and O–H groups in total. The number of hydrogen-bond donors (Lipinski definition) is 0. The van der Waals surface area contributed by atoms with Crippen LogP contribution in [0, 0.1) is 0 Å². The molecule has 4 heteroatoms. The lowest BCUT2D eigenvalue weighted by molar-refractivity contribution is 0.660. The Morgan fingerprint density at radius 1 is 0.345 bits per heavy atom. The molecule has 0 spiro atoms. The minimum Gasteiger partial charge on any atom is -0.308 e. The molecule has 11 rings (SSSR count). The fourth-order valence-corrected chi connectivity index (χ4v) is 8.96. The summed E-state index contributed by atoms with van der Waals surface area (Å²) in [6.45, 7) is 4.62. The maximum Gasteiger partial charge on any atom is 0.166 e. The summed E-state index contributed by atoms with van der Waals surface area (Å²) in [5.41, 5.74) is 15.7. The fraction of sp³-hybridized carbons (Fsp3) is 0.0556. The van der Waals surface area contributed by atoms with E-state index >= 15 is 0 Å². The predicted molar refractivity (Wildman–Crippen MR) is 239 cm³/mol. The summed E-state index contributed by atoms with van der Waals surface area (Å²) in [6.07, 6.45) is 0. The molecule has 0 unspecified atom stereocenters. The Kier molecular flexibility index (Phi) is 7.80. The molecule has 1 aliphatic carbocycles. The van der Waals surface area contributed by atoms with Crippen molar-refractivity contribution >= 4 is 21.8 Å². The molecule has 1 aliphatic rings. The predicted octanol–water partition coefficient (Wildman–Crippen LogP) is 13.6. The molecule has 4 nitrogen and oxygen atoms in total. The van der Waals surface area contributed by atoms with Crippen molar-refractivity contribution in [2.75, 3.05) is 0 Å². The number of benzene rings is 8. The molecule has 0 bridgehead atoms. The first kappa shape index (κ1) is 33.9. The van der Waals surface area contributed by atoms with Gasteiger partial charge in [0.1, 0.15) is 0 Å². The fourth-order valence-electron chi connectivity index (χ4n) is 8.96. The van der Waals surface area contributed by atoms with Crippen molar-refractivity contribution in [3.05, 3.63) is 205 Å². The van der Waals surface area contributed by atoms with Gasteiger partial charge in [-0.3, -0.25) is 0 Å². The third-order valence-corrected chi connectivity index (χ3v) is 11.9. The van der Waals surface area contributed by atoms with Gasteiger partial charge < -0.3 is 4.57 Å². The molecular weight excluding hydrogens is 705 g/mol. The van der Waals surface area contributed by atoms with Crippen LogP contribution in [0.5, 0.6) is 0 Å². The van der Waals surface area contributed by atoms with Crippen LogP contribution in [0.25, 0.3) is 95.0 Å². The third-order valence-electron chi connectivity index (χ3n) is 11.9. The van der Waals surface area contributed by atoms with Crippen molar-refractivity contribution in [1.29, 1.82) is 0 Å². The third kappa shape index (κ3) is 5.48. The molecule has 2 heterocycles. The molecule has 10 aromatic rings. The van der Waals surface area contributed by atoms with Crippen LogP contribution in [0.15, 0.2) is 194 Å². The summed E-state index contributed by atoms with van der Waals surface area (Å²) in [4.78, 5) is 15.8. The summed E-state index contributed by atoms with van der Waals surface area (Å²) in [7, 11) is 0. The highest BCUT2D eigenvalue weighted by Gasteiger charge is 2.35. The molecule has 0 aliphatic heterocycles. The Morgan fingerprint density at radius 2 is 0.879 bits per heavy atom. The first-order valence-corrected chi connectivity index (χ1v) is 19.9. The average Bonchev–Trinajstić information content (AvgIpc) is 3.74. The molecule has 0 amide bonds. The highest BCUT2D eigenvalue weighted by atomic mass is 15.1. The van der Waals surface area contributed by atoms with Crippen LogP contribution >= 0.6 is 0 Å². The monoisotopic (exact) mass is 742 g/mol. The van der Waals surface area contributed by atoms with Gasteiger partial charge in [0.15, 0.2) is 17.5 Å². The van der Waals surface area contributed by atoms with Gasteiger partial charge >= 0.3 is 0 Å². The topological polar surface area (TPSA) is 43.6 Å². The summed E-state index contributed by atoms with van der Waals surface area (Å²) < 4.78 is 2.39. The molecule has 0 atom stereocenters. The first-order valence-electron chi connectivity index (χ1n) is 19.9. The van der Waals surface area contributed by atoms with E-state index in [1.807, 2.05) is 18.2 Å². The van der Waals surface area contributed by atoms with Crippen molar-refractivity contribution in [1.82, 2.24) is 19.5 Å². The lowest BCUT2D eigenvalue weighted by atomic mass is 9.82. The largest absolute Gasteiger partial charge is 0.308 e. The van der Waals surface area contributed by atoms with Gasteiger partial charge in [-0.25, -0.2) is 15.0 Å². The number of hydrogen-bond acceptors (Lipinski definition) is 3. The zero-order valence-electron chi connectivity index (χ0n) is 32.3. The molecule has 0 saturated carbocycles. The minimum atomic E-state index is -0.0938. The number of para-hydroxylation sites is 1. The Bertz CT molecular complexity index is 3180. The zero-order valence-corrected chi connectivity index (χ0v) is 32.3. The Labute approximate surface area is 337 Å². The lowest BCUT2D eigenvalue weighted by Gasteiger charge is -2.21. The van der Waals surface area contributed by atoms with Crippen molar-refractivity contribution in [2.24, 2.45) is 0 Å². The standard InChI is InChI=1S/C54H38N4/c1-54(2)46-24-14-12-22-41(46)44-33-40(27-30-47(44)54)52-55-51(37-20-10-5-11-21-37)56-53(57-52)43-29-26-39(36-18-8-4-9-19-36)34-50(43)58-48-25-15-13-23-42(48)45-32-38(28-31-49(45)58)35-16-6-3-7-17-35/h3-34H,1-2H3. The summed E-state index contributed by atoms with van der Waals surface area (Å²) in [5, 5.41) is 2.38. The molecule has 0 radical (unpaired) electrons. The van der Waals surface area contributed by atoms with Gasteiger partial charge in [-0.05, 0) is 80.9 Å². The van der Waals surface area contributed by atoms with E-state index in [0.29, 0.717) is 17.5 Å². The average molecular weight is 743 g/mol. The quantitative estimate of drug-likeness (QED) is 0.170. The maximum atomic E-state index is 5.37. The number of nitrogens with zero attached hydrogens (tertiary/aromatic N) is 4. The van der Waals surface area contributed by atoms with Crippen LogP contribution < -0.4 is 0 Å². The first-order chi connectivity index (χ1) is 28.5. The van der Waals surface area contributed by atoms with E-state index in [2.05, 4.69) is 194 Å². The van der Waals surface area contributed by atoms with Gasteiger partial charge in [0.05, 0.1) is 16.7 Å². The SMILES string of the molecule is CC1(C)c2ccccc2-c2cc(-c3nc(-c4ccccc4)nc(-c4ccc(-c5ccccc5)cc4-n4c5ccccc5c5cc(-c6ccccc6)ccc54)n3)ccc21. The Morgan fingerprint density at radius 3 is 1.62 bits per heavy atom. The van der Waals surface area contributed by atoms with Gasteiger partial charge in [-0.1, -0.05) is 172 Å². The molecule has 2 aromatic heterocycles. The van der Waals surface area contributed by atoms with E-state index in [1.165, 1.54) is 44.2 Å². The van der Waals surface area contributed by atoms with E-state index in [9.17, 15) is 0 Å². The van der Waals surface area contributed by atoms with Crippen LogP contribution in [0.2, 0.25) is 0 Å². The van der Waals surface area contributed by atoms with Crippen LogP contribution in [0.4, 0.5) is 0 Å². The van der Waals surface area contributed by atoms with Gasteiger partial charge in [-0.15, -0.1) is 0 Å². The molecule has 8 aromatic carbocycles. The van der Waals surface area contributed by atoms with E-state index in [-0.39, 0.29) is 5.41 Å². The van der Waals surface area contributed by atoms with Crippen molar-refractivity contribution < 1.29 is 0 Å². The van der Waals surface area contributed by atoms with Crippen LogP contribution in [-0.2, 0) is 5.41 Å². The van der Waals surface area contributed by atoms with Crippen molar-refractivity contribution in [3.8, 4) is 73.2 Å². The Balaban J connectivity index is 1.17. The summed E-state index contributed by atoms with van der Waals surface area (Å²) in [6, 6.07) is 69.1. The van der Waals surface area contributed by atoms with Gasteiger partial charge in [0.2, 0.25) is 0 Å². The highest BCUT2D eigenvalue weighted by Crippen LogP contribution is 2.49. The smallest absolute Gasteiger partial charge is 0.166 e. The molecule has 274 valence electrons. The van der Waals surface area contributed by atoms with Crippen molar-refractivity contribution in [2.45, 2.75) is 19.3 Å². The summed E-state index contributed by atoms with van der Waals surface area (Å²) >= 11 is 0. The number of aromatic nitrogens is 4. The normalized spacial score (nSPS) is 12.8. The van der Waals surface area contributed by atoms with E-state index in [4.69, 9.17) is 15.0 Å². The Hall–Kier alpha value is -7.43. The second-order valence-electron chi connectivity index (χ2n) is 15.7. The molecule has 0 fully saturated rings. The number of fused-ring (bicyclic) bond motifs is 6. The molecule has 0 saturated heterocycles. The van der Waals surface area contributed by atoms with Gasteiger partial charge in [-0.2, -0.15) is 0 Å². The van der Waals surface area contributed by atoms with Gasteiger partial charge in [0.25, 0.3) is 0 Å². The summed E-state index contributed by atoms with van der Waals surface area (Å²) in [5.74, 6) is 1.89. The van der Waals surface area contributed by atoms with E-state index in [1.54, 1.807) is 0 Å². The van der Waals surface area contributed by atoms with E-state index < -0.39 is 0 Å². The van der Waals surface area contributed by atoms with E-state index in [0.717, 1.165) is 44.5 Å². The van der Waals surface area contributed by atoms with Crippen LogP contribution in [0.1, 0.15) is 25.0 Å². The van der Waals surface area contributed by atoms with Gasteiger partial charge in [0, 0.05) is 32.9 Å². The second kappa shape index (κ2) is 13.4. The molecule has 58 heavy (non-hydrogen) atoms. The zero-order chi connectivity index (χ0) is 38.8. The number of rotatable bonds is 6. The second-order valence-corrected chi connectivity index (χ2v) is 15.7. The lowest BCUT2D eigenvalue weighted by Crippen LogP contribution is -2.14. The van der Waals surface area contributed by atoms with Crippen LogP contribution in [-0.4, -0.2) is 19.5 Å². The molecular formula is C54H38N4. The maximum absolute atomic E-state index is 5.37. The van der Waals surface area contributed by atoms with Crippen LogP contribution in [0.3, 0.4) is 0 Å². The van der Waals surface area contributed by atoms with Crippen molar-refractivity contribution in [3.63, 3.8) is 0 Å². The highest BCUT2D eigenvalue weighted by molar-refractivity contribution is 6.11. The minimum absolute atomic E-state index is 0.0938.